The van der Waals surface area contributed by atoms with E-state index in [0.717, 1.165) is 10.9 Å². The summed E-state index contributed by atoms with van der Waals surface area (Å²) in [6, 6.07) is 14.1. The van der Waals surface area contributed by atoms with Crippen LogP contribution in [-0.4, -0.2) is 10.9 Å². The number of fused-ring (bicyclic) bond motifs is 1. The van der Waals surface area contributed by atoms with E-state index >= 15 is 0 Å². The van der Waals surface area contributed by atoms with Crippen molar-refractivity contribution in [3.63, 3.8) is 0 Å². The number of pyridine rings is 1. The van der Waals surface area contributed by atoms with Gasteiger partial charge in [-0.25, -0.2) is 0 Å². The Bertz CT molecular complexity index is 828. The molecule has 1 aromatic heterocycles. The van der Waals surface area contributed by atoms with Crippen LogP contribution in [0.5, 0.6) is 0 Å². The van der Waals surface area contributed by atoms with Gasteiger partial charge in [-0.1, -0.05) is 29.3 Å². The van der Waals surface area contributed by atoms with Gasteiger partial charge in [0.25, 0.3) is 5.91 Å². The summed E-state index contributed by atoms with van der Waals surface area (Å²) >= 11 is 11.9. The zero-order valence-electron chi connectivity index (χ0n) is 10.8. The van der Waals surface area contributed by atoms with E-state index in [-0.39, 0.29) is 5.91 Å². The van der Waals surface area contributed by atoms with Crippen molar-refractivity contribution in [3.8, 4) is 0 Å². The molecule has 2 aromatic carbocycles. The minimum absolute atomic E-state index is 0.284. The summed E-state index contributed by atoms with van der Waals surface area (Å²) < 4.78 is 0. The fourth-order valence-corrected chi connectivity index (χ4v) is 2.57. The van der Waals surface area contributed by atoms with Crippen LogP contribution in [0, 0.1) is 0 Å². The van der Waals surface area contributed by atoms with E-state index in [9.17, 15) is 4.79 Å². The Balaban J connectivity index is 1.97. The molecule has 0 fully saturated rings. The standard InChI is InChI=1S/C16H10Cl2N2O/c17-10-6-7-11(13(18)9-10)16(21)20-15-5-1-4-14-12(15)3-2-8-19-14/h1-9H,(H,20,21). The third kappa shape index (κ3) is 2.84. The molecule has 1 N–H and O–H groups in total. The molecule has 21 heavy (non-hydrogen) atoms. The fourth-order valence-electron chi connectivity index (χ4n) is 2.08. The number of amides is 1. The molecule has 1 amide bonds. The predicted octanol–water partition coefficient (Wildman–Crippen LogP) is 4.79. The highest BCUT2D eigenvalue weighted by atomic mass is 35.5. The Morgan fingerprint density at radius 3 is 2.71 bits per heavy atom. The highest BCUT2D eigenvalue weighted by Crippen LogP contribution is 2.25. The SMILES string of the molecule is O=C(Nc1cccc2ncccc12)c1ccc(Cl)cc1Cl. The van der Waals surface area contributed by atoms with Crippen LogP contribution in [0.15, 0.2) is 54.7 Å². The molecule has 0 aliphatic heterocycles. The predicted molar refractivity (Wildman–Crippen MR) is 86.2 cm³/mol. The molecule has 0 unspecified atom stereocenters. The second-order valence-electron chi connectivity index (χ2n) is 4.45. The van der Waals surface area contributed by atoms with Crippen LogP contribution in [0.2, 0.25) is 10.0 Å². The van der Waals surface area contributed by atoms with E-state index in [1.807, 2.05) is 30.3 Å². The topological polar surface area (TPSA) is 42.0 Å². The van der Waals surface area contributed by atoms with Crippen LogP contribution in [0.3, 0.4) is 0 Å². The van der Waals surface area contributed by atoms with Gasteiger partial charge in [0, 0.05) is 16.6 Å². The van der Waals surface area contributed by atoms with Gasteiger partial charge in [0.1, 0.15) is 0 Å². The molecule has 5 heteroatoms. The molecule has 0 atom stereocenters. The van der Waals surface area contributed by atoms with Crippen molar-refractivity contribution < 1.29 is 4.79 Å². The lowest BCUT2D eigenvalue weighted by atomic mass is 10.1. The van der Waals surface area contributed by atoms with Crippen molar-refractivity contribution in [1.82, 2.24) is 4.98 Å². The largest absolute Gasteiger partial charge is 0.321 e. The Labute approximate surface area is 131 Å². The van der Waals surface area contributed by atoms with Gasteiger partial charge in [-0.2, -0.15) is 0 Å². The number of carbonyl (C=O) groups excluding carboxylic acids is 1. The maximum atomic E-state index is 12.3. The van der Waals surface area contributed by atoms with E-state index in [1.165, 1.54) is 0 Å². The molecule has 104 valence electrons. The second kappa shape index (κ2) is 5.72. The maximum Gasteiger partial charge on any atom is 0.257 e. The van der Waals surface area contributed by atoms with Crippen molar-refractivity contribution in [3.05, 3.63) is 70.3 Å². The zero-order chi connectivity index (χ0) is 14.8. The summed E-state index contributed by atoms with van der Waals surface area (Å²) in [5.41, 5.74) is 1.89. The summed E-state index contributed by atoms with van der Waals surface area (Å²) in [4.78, 5) is 16.6. The molecular formula is C16H10Cl2N2O. The normalized spacial score (nSPS) is 10.6. The second-order valence-corrected chi connectivity index (χ2v) is 5.30. The number of halogens is 2. The van der Waals surface area contributed by atoms with Crippen LogP contribution in [0.25, 0.3) is 10.9 Å². The first-order valence-corrected chi connectivity index (χ1v) is 7.01. The van der Waals surface area contributed by atoms with Gasteiger partial charge < -0.3 is 5.32 Å². The van der Waals surface area contributed by atoms with E-state index in [1.54, 1.807) is 24.4 Å². The molecule has 0 saturated carbocycles. The molecule has 0 aliphatic carbocycles. The van der Waals surface area contributed by atoms with Gasteiger partial charge in [-0.05, 0) is 42.5 Å². The third-order valence-electron chi connectivity index (χ3n) is 3.07. The molecule has 0 spiro atoms. The quantitative estimate of drug-likeness (QED) is 0.738. The van der Waals surface area contributed by atoms with Gasteiger partial charge in [0.15, 0.2) is 0 Å². The van der Waals surface area contributed by atoms with Crippen LogP contribution in [0.4, 0.5) is 5.69 Å². The zero-order valence-corrected chi connectivity index (χ0v) is 12.3. The van der Waals surface area contributed by atoms with Gasteiger partial charge in [-0.3, -0.25) is 9.78 Å². The number of carbonyl (C=O) groups is 1. The van der Waals surface area contributed by atoms with Crippen molar-refractivity contribution in [1.29, 1.82) is 0 Å². The van der Waals surface area contributed by atoms with Gasteiger partial charge in [0.2, 0.25) is 0 Å². The lowest BCUT2D eigenvalue weighted by Gasteiger charge is -2.09. The summed E-state index contributed by atoms with van der Waals surface area (Å²) in [6.45, 7) is 0. The van der Waals surface area contributed by atoms with Crippen LogP contribution in [-0.2, 0) is 0 Å². The number of rotatable bonds is 2. The first-order valence-electron chi connectivity index (χ1n) is 6.25. The summed E-state index contributed by atoms with van der Waals surface area (Å²) in [5, 5.41) is 4.54. The van der Waals surface area contributed by atoms with Crippen LogP contribution < -0.4 is 5.32 Å². The number of benzene rings is 2. The minimum Gasteiger partial charge on any atom is -0.321 e. The Morgan fingerprint density at radius 1 is 1.05 bits per heavy atom. The van der Waals surface area contributed by atoms with Crippen molar-refractivity contribution >= 4 is 45.7 Å². The molecule has 1 heterocycles. The van der Waals surface area contributed by atoms with Gasteiger partial charge in [-0.15, -0.1) is 0 Å². The van der Waals surface area contributed by atoms with Crippen LogP contribution in [0.1, 0.15) is 10.4 Å². The van der Waals surface area contributed by atoms with E-state index in [4.69, 9.17) is 23.2 Å². The molecule has 0 bridgehead atoms. The number of nitrogens with zero attached hydrogens (tertiary/aromatic N) is 1. The van der Waals surface area contributed by atoms with E-state index < -0.39 is 0 Å². The third-order valence-corrected chi connectivity index (χ3v) is 3.62. The lowest BCUT2D eigenvalue weighted by Crippen LogP contribution is -2.12. The van der Waals surface area contributed by atoms with Crippen molar-refractivity contribution in [2.24, 2.45) is 0 Å². The van der Waals surface area contributed by atoms with E-state index in [0.29, 0.717) is 21.3 Å². The monoisotopic (exact) mass is 316 g/mol. The Kier molecular flexibility index (Phi) is 3.78. The van der Waals surface area contributed by atoms with Gasteiger partial charge >= 0.3 is 0 Å². The highest BCUT2D eigenvalue weighted by molar-refractivity contribution is 6.37. The molecule has 0 radical (unpaired) electrons. The van der Waals surface area contributed by atoms with Gasteiger partial charge in [0.05, 0.1) is 21.8 Å². The summed E-state index contributed by atoms with van der Waals surface area (Å²) in [7, 11) is 0. The first kappa shape index (κ1) is 13.9. The smallest absolute Gasteiger partial charge is 0.257 e. The molecule has 3 nitrogen and oxygen atoms in total. The van der Waals surface area contributed by atoms with Crippen molar-refractivity contribution in [2.75, 3.05) is 5.32 Å². The lowest BCUT2D eigenvalue weighted by molar-refractivity contribution is 0.102. The number of nitrogens with one attached hydrogen (secondary N) is 1. The van der Waals surface area contributed by atoms with Crippen molar-refractivity contribution in [2.45, 2.75) is 0 Å². The van der Waals surface area contributed by atoms with E-state index in [2.05, 4.69) is 10.3 Å². The Hall–Kier alpha value is -2.10. The minimum atomic E-state index is -0.284. The molecule has 3 aromatic rings. The molecule has 0 saturated heterocycles. The maximum absolute atomic E-state index is 12.3. The number of anilines is 1. The number of hydrogen-bond donors (Lipinski definition) is 1. The highest BCUT2D eigenvalue weighted by Gasteiger charge is 2.12. The first-order chi connectivity index (χ1) is 10.1. The average Bonchev–Trinajstić information content (AvgIpc) is 2.47. The average molecular weight is 317 g/mol. The molecular weight excluding hydrogens is 307 g/mol. The van der Waals surface area contributed by atoms with Crippen LogP contribution >= 0.6 is 23.2 Å². The Morgan fingerprint density at radius 2 is 1.90 bits per heavy atom. The fraction of sp³-hybridized carbons (Fsp3) is 0. The molecule has 3 rings (SSSR count). The molecule has 0 aliphatic rings. The summed E-state index contributed by atoms with van der Waals surface area (Å²) in [5.74, 6) is -0.284. The number of aromatic nitrogens is 1. The summed E-state index contributed by atoms with van der Waals surface area (Å²) in [6.07, 6.45) is 1.71. The number of hydrogen-bond acceptors (Lipinski definition) is 2.